The highest BCUT2D eigenvalue weighted by Crippen LogP contribution is 2.28. The molecule has 0 aliphatic heterocycles. The van der Waals surface area contributed by atoms with Crippen LogP contribution in [0.2, 0.25) is 0 Å². The SMILES string of the molecule is CCOC(=O)c1c(NC(=O)COC(=O)COc2ccc(C(C)C)c(C)c2)oc(C)c1C(C)=O. The van der Waals surface area contributed by atoms with E-state index in [2.05, 4.69) is 19.2 Å². The average molecular weight is 459 g/mol. The topological polar surface area (TPSA) is 121 Å². The lowest BCUT2D eigenvalue weighted by Gasteiger charge is -2.12. The Morgan fingerprint density at radius 2 is 1.73 bits per heavy atom. The Morgan fingerprint density at radius 3 is 2.30 bits per heavy atom. The van der Waals surface area contributed by atoms with Crippen LogP contribution < -0.4 is 10.1 Å². The summed E-state index contributed by atoms with van der Waals surface area (Å²) in [6, 6.07) is 5.54. The maximum Gasteiger partial charge on any atom is 0.344 e. The number of nitrogens with one attached hydrogen (secondary N) is 1. The van der Waals surface area contributed by atoms with Crippen LogP contribution in [-0.2, 0) is 19.1 Å². The second-order valence-corrected chi connectivity index (χ2v) is 7.68. The Balaban J connectivity index is 1.95. The molecule has 2 aromatic rings. The minimum Gasteiger partial charge on any atom is -0.482 e. The van der Waals surface area contributed by atoms with E-state index >= 15 is 0 Å². The highest BCUT2D eigenvalue weighted by atomic mass is 16.6. The van der Waals surface area contributed by atoms with Crippen LogP contribution >= 0.6 is 0 Å². The van der Waals surface area contributed by atoms with E-state index in [0.29, 0.717) is 11.7 Å². The van der Waals surface area contributed by atoms with E-state index in [1.807, 2.05) is 19.1 Å². The van der Waals surface area contributed by atoms with E-state index in [1.54, 1.807) is 13.0 Å². The van der Waals surface area contributed by atoms with Crippen molar-refractivity contribution in [3.8, 4) is 5.75 Å². The number of rotatable bonds is 10. The van der Waals surface area contributed by atoms with Crippen LogP contribution in [0.1, 0.15) is 71.2 Å². The van der Waals surface area contributed by atoms with E-state index in [4.69, 9.17) is 18.6 Å². The number of hydrogen-bond acceptors (Lipinski definition) is 8. The van der Waals surface area contributed by atoms with Crippen molar-refractivity contribution in [3.63, 3.8) is 0 Å². The second-order valence-electron chi connectivity index (χ2n) is 7.68. The Hall–Kier alpha value is -3.62. The molecule has 0 saturated carbocycles. The van der Waals surface area contributed by atoms with Crippen molar-refractivity contribution in [3.05, 3.63) is 46.2 Å². The molecule has 9 heteroatoms. The van der Waals surface area contributed by atoms with Gasteiger partial charge in [0.2, 0.25) is 5.88 Å². The lowest BCUT2D eigenvalue weighted by Crippen LogP contribution is -2.24. The number of carbonyl (C=O) groups is 4. The highest BCUT2D eigenvalue weighted by Gasteiger charge is 2.28. The predicted molar refractivity (Wildman–Crippen MR) is 120 cm³/mol. The molecule has 178 valence electrons. The normalized spacial score (nSPS) is 10.6. The lowest BCUT2D eigenvalue weighted by atomic mass is 9.98. The number of benzene rings is 1. The molecule has 0 saturated heterocycles. The quantitative estimate of drug-likeness (QED) is 0.419. The number of aryl methyl sites for hydroxylation is 2. The summed E-state index contributed by atoms with van der Waals surface area (Å²) in [7, 11) is 0. The molecule has 0 bridgehead atoms. The van der Waals surface area contributed by atoms with Crippen molar-refractivity contribution in [2.75, 3.05) is 25.1 Å². The number of amides is 1. The largest absolute Gasteiger partial charge is 0.482 e. The molecule has 9 nitrogen and oxygen atoms in total. The van der Waals surface area contributed by atoms with Gasteiger partial charge in [-0.05, 0) is 56.9 Å². The van der Waals surface area contributed by atoms with Gasteiger partial charge in [-0.2, -0.15) is 0 Å². The summed E-state index contributed by atoms with van der Waals surface area (Å²) < 4.78 is 20.7. The number of carbonyl (C=O) groups excluding carboxylic acids is 4. The first kappa shape index (κ1) is 25.6. The molecular formula is C24H29NO8. The van der Waals surface area contributed by atoms with Crippen LogP contribution in [0.5, 0.6) is 5.75 Å². The third-order valence-electron chi connectivity index (χ3n) is 4.75. The first-order valence-corrected chi connectivity index (χ1v) is 10.5. The first-order chi connectivity index (χ1) is 15.5. The smallest absolute Gasteiger partial charge is 0.344 e. The fraction of sp³-hybridized carbons (Fsp3) is 0.417. The molecule has 1 N–H and O–H groups in total. The Morgan fingerprint density at radius 1 is 1.03 bits per heavy atom. The zero-order valence-electron chi connectivity index (χ0n) is 19.7. The summed E-state index contributed by atoms with van der Waals surface area (Å²) in [6.07, 6.45) is 0. The Kier molecular flexibility index (Phi) is 8.78. The lowest BCUT2D eigenvalue weighted by molar-refractivity contribution is -0.149. The minimum atomic E-state index is -0.806. The highest BCUT2D eigenvalue weighted by molar-refractivity contribution is 6.10. The standard InChI is InChI=1S/C24H29NO8/c1-7-30-24(29)22-21(15(5)26)16(6)33-23(22)25-19(27)11-32-20(28)12-31-17-8-9-18(13(2)3)14(4)10-17/h8-10,13H,7,11-12H2,1-6H3,(H,25,27). The Labute approximate surface area is 192 Å². The molecule has 0 radical (unpaired) electrons. The number of Topliss-reactive ketones (excluding diaryl/α,β-unsaturated/α-hetero) is 1. The zero-order chi connectivity index (χ0) is 24.7. The zero-order valence-corrected chi connectivity index (χ0v) is 19.7. The molecule has 0 unspecified atom stereocenters. The third-order valence-corrected chi connectivity index (χ3v) is 4.75. The summed E-state index contributed by atoms with van der Waals surface area (Å²) in [5.41, 5.74) is 2.08. The van der Waals surface area contributed by atoms with E-state index in [0.717, 1.165) is 5.56 Å². The van der Waals surface area contributed by atoms with Gasteiger partial charge in [-0.15, -0.1) is 0 Å². The average Bonchev–Trinajstić information content (AvgIpc) is 3.06. The van der Waals surface area contributed by atoms with Gasteiger partial charge in [0.1, 0.15) is 17.1 Å². The van der Waals surface area contributed by atoms with Gasteiger partial charge in [0.05, 0.1) is 12.2 Å². The number of ketones is 1. The molecule has 1 aromatic heterocycles. The van der Waals surface area contributed by atoms with Crippen LogP contribution in [0, 0.1) is 13.8 Å². The van der Waals surface area contributed by atoms with Crippen LogP contribution in [-0.4, -0.2) is 43.4 Å². The van der Waals surface area contributed by atoms with Crippen molar-refractivity contribution in [1.29, 1.82) is 0 Å². The van der Waals surface area contributed by atoms with Gasteiger partial charge in [0.15, 0.2) is 19.0 Å². The van der Waals surface area contributed by atoms with Crippen molar-refractivity contribution in [2.24, 2.45) is 0 Å². The number of anilines is 1. The summed E-state index contributed by atoms with van der Waals surface area (Å²) in [5.74, 6) is -1.92. The molecule has 0 atom stereocenters. The predicted octanol–water partition coefficient (Wildman–Crippen LogP) is 3.96. The number of furan rings is 1. The fourth-order valence-corrected chi connectivity index (χ4v) is 3.33. The maximum absolute atomic E-state index is 12.3. The summed E-state index contributed by atoms with van der Waals surface area (Å²) in [5, 5.41) is 2.34. The monoisotopic (exact) mass is 459 g/mol. The molecule has 0 aliphatic rings. The van der Waals surface area contributed by atoms with Crippen LogP contribution in [0.3, 0.4) is 0 Å². The van der Waals surface area contributed by atoms with Crippen LogP contribution in [0.4, 0.5) is 5.88 Å². The van der Waals surface area contributed by atoms with E-state index < -0.39 is 30.2 Å². The second kappa shape index (κ2) is 11.3. The number of esters is 2. The summed E-state index contributed by atoms with van der Waals surface area (Å²) in [6.45, 7) is 9.57. The third kappa shape index (κ3) is 6.68. The van der Waals surface area contributed by atoms with Gasteiger partial charge in [-0.3, -0.25) is 14.9 Å². The van der Waals surface area contributed by atoms with Crippen molar-refractivity contribution >= 4 is 29.5 Å². The molecule has 33 heavy (non-hydrogen) atoms. The van der Waals surface area contributed by atoms with E-state index in [9.17, 15) is 19.2 Å². The molecule has 1 heterocycles. The molecule has 1 aromatic carbocycles. The molecule has 2 rings (SSSR count). The number of hydrogen-bond donors (Lipinski definition) is 1. The fourth-order valence-electron chi connectivity index (χ4n) is 3.33. The molecule has 1 amide bonds. The van der Waals surface area contributed by atoms with Gasteiger partial charge in [0, 0.05) is 0 Å². The molecular weight excluding hydrogens is 430 g/mol. The molecule has 0 fully saturated rings. The summed E-state index contributed by atoms with van der Waals surface area (Å²) >= 11 is 0. The van der Waals surface area contributed by atoms with Gasteiger partial charge < -0.3 is 18.6 Å². The number of ether oxygens (including phenoxy) is 3. The van der Waals surface area contributed by atoms with E-state index in [1.165, 1.54) is 19.4 Å². The molecule has 0 spiro atoms. The van der Waals surface area contributed by atoms with Crippen molar-refractivity contribution < 1.29 is 37.8 Å². The maximum atomic E-state index is 12.3. The van der Waals surface area contributed by atoms with Gasteiger partial charge >= 0.3 is 11.9 Å². The van der Waals surface area contributed by atoms with Gasteiger partial charge in [-0.25, -0.2) is 9.59 Å². The van der Waals surface area contributed by atoms with Crippen molar-refractivity contribution in [1.82, 2.24) is 0 Å². The van der Waals surface area contributed by atoms with E-state index in [-0.39, 0.29) is 36.0 Å². The van der Waals surface area contributed by atoms with Gasteiger partial charge in [0.25, 0.3) is 5.91 Å². The minimum absolute atomic E-state index is 0.0212. The Bertz CT molecular complexity index is 1050. The first-order valence-electron chi connectivity index (χ1n) is 10.5. The summed E-state index contributed by atoms with van der Waals surface area (Å²) in [4.78, 5) is 48.4. The molecule has 0 aliphatic carbocycles. The van der Waals surface area contributed by atoms with Crippen LogP contribution in [0.25, 0.3) is 0 Å². The van der Waals surface area contributed by atoms with Gasteiger partial charge in [-0.1, -0.05) is 19.9 Å². The van der Waals surface area contributed by atoms with Crippen molar-refractivity contribution in [2.45, 2.75) is 47.5 Å². The van der Waals surface area contributed by atoms with Crippen LogP contribution in [0.15, 0.2) is 22.6 Å².